The fourth-order valence-electron chi connectivity index (χ4n) is 4.29. The Balaban J connectivity index is 1.31. The summed E-state index contributed by atoms with van der Waals surface area (Å²) < 4.78 is 10.8. The van der Waals surface area contributed by atoms with Crippen LogP contribution < -0.4 is 15.7 Å². The summed E-state index contributed by atoms with van der Waals surface area (Å²) >= 11 is 1.42. The van der Waals surface area contributed by atoms with Gasteiger partial charge in [-0.15, -0.1) is 11.3 Å². The molecular weight excluding hydrogens is 414 g/mol. The Kier molecular flexibility index (Phi) is 6.38. The fourth-order valence-corrected chi connectivity index (χ4v) is 5.00. The number of nitrogens with zero attached hydrogens (tertiary/aromatic N) is 2. The molecular formula is C23H27N3O4S. The molecule has 1 aliphatic rings. The van der Waals surface area contributed by atoms with Crippen molar-refractivity contribution in [1.29, 1.82) is 0 Å². The van der Waals surface area contributed by atoms with Gasteiger partial charge in [-0.25, -0.2) is 9.78 Å². The maximum atomic E-state index is 12.3. The normalized spacial score (nSPS) is 19.5. The van der Waals surface area contributed by atoms with Crippen LogP contribution in [0.15, 0.2) is 38.9 Å². The summed E-state index contributed by atoms with van der Waals surface area (Å²) in [7, 11) is 0. The van der Waals surface area contributed by atoms with Gasteiger partial charge in [-0.1, -0.05) is 13.8 Å². The Morgan fingerprint density at radius 1 is 1.29 bits per heavy atom. The number of aromatic nitrogens is 1. The standard InChI is InChI=1S/C23H27N3O4S/c1-14-6-15(2)10-26(9-14)11-17-13-31-23(24-17)25-21(27)12-29-18-4-5-19-16(3)7-22(28)30-20(19)8-18/h4-5,7-8,13-15H,6,9-12H2,1-3H3,(H,24,25,27)/t14-,15+. The molecule has 1 N–H and O–H groups in total. The van der Waals surface area contributed by atoms with Crippen molar-refractivity contribution in [2.75, 3.05) is 25.0 Å². The van der Waals surface area contributed by atoms with Crippen molar-refractivity contribution in [2.45, 2.75) is 33.7 Å². The van der Waals surface area contributed by atoms with Gasteiger partial charge in [0.1, 0.15) is 11.3 Å². The van der Waals surface area contributed by atoms with E-state index in [9.17, 15) is 9.59 Å². The predicted octanol–water partition coefficient (Wildman–Crippen LogP) is 4.05. The van der Waals surface area contributed by atoms with Crippen molar-refractivity contribution in [3.63, 3.8) is 0 Å². The van der Waals surface area contributed by atoms with Gasteiger partial charge in [0, 0.05) is 42.5 Å². The lowest BCUT2D eigenvalue weighted by Crippen LogP contribution is -2.38. The third-order valence-electron chi connectivity index (χ3n) is 5.42. The van der Waals surface area contributed by atoms with Crippen molar-refractivity contribution in [2.24, 2.45) is 11.8 Å². The van der Waals surface area contributed by atoms with E-state index in [0.717, 1.165) is 36.3 Å². The Morgan fingerprint density at radius 2 is 2.06 bits per heavy atom. The number of hydrogen-bond donors (Lipinski definition) is 1. The summed E-state index contributed by atoms with van der Waals surface area (Å²) in [5.41, 5.74) is 1.84. The van der Waals surface area contributed by atoms with Gasteiger partial charge in [-0.05, 0) is 42.9 Å². The molecule has 1 saturated heterocycles. The lowest BCUT2D eigenvalue weighted by Gasteiger charge is -2.34. The molecule has 164 valence electrons. The molecule has 1 amide bonds. The minimum atomic E-state index is -0.409. The average Bonchev–Trinajstić information content (AvgIpc) is 3.11. The quantitative estimate of drug-likeness (QED) is 0.581. The third kappa shape index (κ3) is 5.51. The number of benzene rings is 1. The molecule has 2 atom stereocenters. The molecule has 0 bridgehead atoms. The van der Waals surface area contributed by atoms with Crippen LogP contribution >= 0.6 is 11.3 Å². The number of carbonyl (C=O) groups is 1. The Morgan fingerprint density at radius 3 is 2.84 bits per heavy atom. The zero-order valence-corrected chi connectivity index (χ0v) is 18.8. The SMILES string of the molecule is Cc1cc(=O)oc2cc(OCC(=O)Nc3nc(CN4C[C@H](C)C[C@H](C)C4)cs3)ccc12. The fraction of sp³-hybridized carbons (Fsp3) is 0.435. The van der Waals surface area contributed by atoms with Crippen LogP contribution in [-0.4, -0.2) is 35.5 Å². The van der Waals surface area contributed by atoms with E-state index in [1.54, 1.807) is 12.1 Å². The van der Waals surface area contributed by atoms with Crippen LogP contribution in [0, 0.1) is 18.8 Å². The lowest BCUT2D eigenvalue weighted by atomic mass is 9.92. The van der Waals surface area contributed by atoms with Gasteiger partial charge in [0.15, 0.2) is 11.7 Å². The van der Waals surface area contributed by atoms with Crippen LogP contribution in [0.4, 0.5) is 5.13 Å². The monoisotopic (exact) mass is 441 g/mol. The number of anilines is 1. The van der Waals surface area contributed by atoms with Gasteiger partial charge >= 0.3 is 5.63 Å². The number of ether oxygens (including phenoxy) is 1. The number of carbonyl (C=O) groups excluding carboxylic acids is 1. The van der Waals surface area contributed by atoms with Crippen molar-refractivity contribution in [3.05, 3.63) is 51.3 Å². The second kappa shape index (κ2) is 9.20. The predicted molar refractivity (Wildman–Crippen MR) is 122 cm³/mol. The van der Waals surface area contributed by atoms with Crippen molar-refractivity contribution >= 4 is 33.3 Å². The zero-order valence-electron chi connectivity index (χ0n) is 18.0. The Bertz CT molecular complexity index is 1130. The van der Waals surface area contributed by atoms with Crippen LogP contribution in [0.25, 0.3) is 11.0 Å². The van der Waals surface area contributed by atoms with Crippen molar-refractivity contribution < 1.29 is 13.9 Å². The van der Waals surface area contributed by atoms with E-state index >= 15 is 0 Å². The maximum absolute atomic E-state index is 12.3. The Hall–Kier alpha value is -2.71. The van der Waals surface area contributed by atoms with Gasteiger partial charge in [-0.2, -0.15) is 0 Å². The number of nitrogens with one attached hydrogen (secondary N) is 1. The van der Waals surface area contributed by atoms with E-state index in [1.807, 2.05) is 18.4 Å². The summed E-state index contributed by atoms with van der Waals surface area (Å²) in [4.78, 5) is 30.8. The van der Waals surface area contributed by atoms with Gasteiger partial charge in [0.2, 0.25) is 0 Å². The number of hydrogen-bond acceptors (Lipinski definition) is 7. The highest BCUT2D eigenvalue weighted by Gasteiger charge is 2.22. The Labute approximate surface area is 185 Å². The molecule has 1 aromatic carbocycles. The first-order valence-corrected chi connectivity index (χ1v) is 11.4. The molecule has 2 aromatic heterocycles. The molecule has 1 fully saturated rings. The molecule has 7 nitrogen and oxygen atoms in total. The van der Waals surface area contributed by atoms with Crippen LogP contribution in [0.2, 0.25) is 0 Å². The molecule has 0 saturated carbocycles. The minimum Gasteiger partial charge on any atom is -0.484 e. The molecule has 0 spiro atoms. The highest BCUT2D eigenvalue weighted by molar-refractivity contribution is 7.13. The lowest BCUT2D eigenvalue weighted by molar-refractivity contribution is -0.118. The number of likely N-dealkylation sites (tertiary alicyclic amines) is 1. The molecule has 3 aromatic rings. The first kappa shape index (κ1) is 21.5. The summed E-state index contributed by atoms with van der Waals surface area (Å²) in [6, 6.07) is 6.64. The van der Waals surface area contributed by atoms with E-state index in [-0.39, 0.29) is 12.5 Å². The molecule has 0 unspecified atom stereocenters. The number of amides is 1. The number of fused-ring (bicyclic) bond motifs is 1. The molecule has 0 aliphatic carbocycles. The molecule has 4 rings (SSSR count). The van der Waals surface area contributed by atoms with Crippen LogP contribution in [0.3, 0.4) is 0 Å². The van der Waals surface area contributed by atoms with E-state index in [2.05, 4.69) is 29.0 Å². The number of piperidine rings is 1. The molecule has 8 heteroatoms. The van der Waals surface area contributed by atoms with E-state index < -0.39 is 5.63 Å². The van der Waals surface area contributed by atoms with Crippen LogP contribution in [0.5, 0.6) is 5.75 Å². The number of thiazole rings is 1. The van der Waals surface area contributed by atoms with Crippen molar-refractivity contribution in [1.82, 2.24) is 9.88 Å². The largest absolute Gasteiger partial charge is 0.484 e. The van der Waals surface area contributed by atoms with E-state index in [4.69, 9.17) is 9.15 Å². The van der Waals surface area contributed by atoms with Crippen molar-refractivity contribution in [3.8, 4) is 5.75 Å². The number of aryl methyl sites for hydroxylation is 1. The molecule has 3 heterocycles. The van der Waals surface area contributed by atoms with E-state index in [1.165, 1.54) is 23.8 Å². The highest BCUT2D eigenvalue weighted by atomic mass is 32.1. The first-order chi connectivity index (χ1) is 14.9. The van der Waals surface area contributed by atoms with Gasteiger partial charge in [0.25, 0.3) is 5.91 Å². The smallest absolute Gasteiger partial charge is 0.336 e. The minimum absolute atomic E-state index is 0.155. The topological polar surface area (TPSA) is 84.7 Å². The first-order valence-electron chi connectivity index (χ1n) is 10.5. The van der Waals surface area contributed by atoms with Crippen LogP contribution in [-0.2, 0) is 11.3 Å². The van der Waals surface area contributed by atoms with E-state index in [0.29, 0.717) is 28.3 Å². The number of rotatable bonds is 6. The zero-order chi connectivity index (χ0) is 22.0. The molecule has 0 radical (unpaired) electrons. The van der Waals surface area contributed by atoms with Gasteiger partial charge < -0.3 is 9.15 Å². The maximum Gasteiger partial charge on any atom is 0.336 e. The summed E-state index contributed by atoms with van der Waals surface area (Å²) in [5.74, 6) is 1.58. The summed E-state index contributed by atoms with van der Waals surface area (Å²) in [6.07, 6.45) is 1.28. The third-order valence-corrected chi connectivity index (χ3v) is 6.23. The second-order valence-corrected chi connectivity index (χ2v) is 9.39. The molecule has 31 heavy (non-hydrogen) atoms. The van der Waals surface area contributed by atoms with Gasteiger partial charge in [0.05, 0.1) is 5.69 Å². The van der Waals surface area contributed by atoms with Crippen LogP contribution in [0.1, 0.15) is 31.5 Å². The molecule has 1 aliphatic heterocycles. The summed E-state index contributed by atoms with van der Waals surface area (Å²) in [6.45, 7) is 9.25. The average molecular weight is 442 g/mol. The second-order valence-electron chi connectivity index (χ2n) is 8.53. The summed E-state index contributed by atoms with van der Waals surface area (Å²) in [5, 5.41) is 6.20. The van der Waals surface area contributed by atoms with Gasteiger partial charge in [-0.3, -0.25) is 15.0 Å². The highest BCUT2D eigenvalue weighted by Crippen LogP contribution is 2.24.